The molecule has 1 aliphatic heterocycles. The van der Waals surface area contributed by atoms with E-state index in [9.17, 15) is 8.42 Å². The predicted octanol–water partition coefficient (Wildman–Crippen LogP) is 2.56. The van der Waals surface area contributed by atoms with Gasteiger partial charge in [-0.25, -0.2) is 18.1 Å². The Morgan fingerprint density at radius 2 is 1.90 bits per heavy atom. The fraction of sp³-hybridized carbons (Fsp3) is 0.409. The lowest BCUT2D eigenvalue weighted by Gasteiger charge is -2.11. The Kier molecular flexibility index (Phi) is 6.36. The van der Waals surface area contributed by atoms with Crippen molar-refractivity contribution < 1.29 is 13.2 Å². The molecule has 1 heterocycles. The van der Waals surface area contributed by atoms with Gasteiger partial charge in [0.15, 0.2) is 5.96 Å². The van der Waals surface area contributed by atoms with Crippen molar-refractivity contribution in [2.45, 2.75) is 49.6 Å². The fourth-order valence-corrected chi connectivity index (χ4v) is 4.95. The first-order valence-electron chi connectivity index (χ1n) is 10.4. The zero-order valence-corrected chi connectivity index (χ0v) is 17.7. The number of ether oxygens (including phenoxy) is 1. The summed E-state index contributed by atoms with van der Waals surface area (Å²) in [6.45, 7) is 1.37. The van der Waals surface area contributed by atoms with Gasteiger partial charge in [0.05, 0.1) is 17.5 Å². The number of aliphatic imine (C=N–C) groups is 1. The van der Waals surface area contributed by atoms with Gasteiger partial charge in [0.2, 0.25) is 10.0 Å². The first-order chi connectivity index (χ1) is 14.5. The lowest BCUT2D eigenvalue weighted by Crippen LogP contribution is -2.31. The van der Waals surface area contributed by atoms with E-state index in [1.54, 1.807) is 24.3 Å². The van der Waals surface area contributed by atoms with Crippen LogP contribution in [0.25, 0.3) is 0 Å². The molecule has 2 aromatic rings. The Hall–Kier alpha value is -2.42. The molecule has 0 saturated carbocycles. The molecular formula is C22H28N4O3S. The van der Waals surface area contributed by atoms with Gasteiger partial charge in [-0.2, -0.15) is 0 Å². The van der Waals surface area contributed by atoms with E-state index < -0.39 is 10.0 Å². The third kappa shape index (κ3) is 5.19. The molecule has 4 rings (SSSR count). The van der Waals surface area contributed by atoms with Crippen LogP contribution in [0, 0.1) is 0 Å². The maximum atomic E-state index is 12.4. The van der Waals surface area contributed by atoms with Gasteiger partial charge in [-0.1, -0.05) is 18.2 Å². The van der Waals surface area contributed by atoms with Crippen LogP contribution in [0.5, 0.6) is 0 Å². The zero-order valence-electron chi connectivity index (χ0n) is 16.9. The number of guanidine groups is 1. The monoisotopic (exact) mass is 428 g/mol. The molecule has 1 aliphatic carbocycles. The smallest absolute Gasteiger partial charge is 0.240 e. The van der Waals surface area contributed by atoms with Gasteiger partial charge in [0.25, 0.3) is 0 Å². The number of aryl methyl sites for hydroxylation is 2. The number of hydrogen-bond donors (Lipinski definition) is 3. The number of nitrogens with two attached hydrogens (primary N) is 1. The number of sulfonamides is 1. The maximum absolute atomic E-state index is 12.4. The molecule has 1 unspecified atom stereocenters. The summed E-state index contributed by atoms with van der Waals surface area (Å²) in [5.74, 6) is 0.336. The number of rotatable bonds is 7. The predicted molar refractivity (Wildman–Crippen MR) is 118 cm³/mol. The van der Waals surface area contributed by atoms with Crippen molar-refractivity contribution in [2.75, 3.05) is 18.5 Å². The lowest BCUT2D eigenvalue weighted by atomic mass is 10.1. The summed E-state index contributed by atoms with van der Waals surface area (Å²) in [5.41, 5.74) is 10.6. The number of benzene rings is 2. The Morgan fingerprint density at radius 1 is 1.10 bits per heavy atom. The van der Waals surface area contributed by atoms with E-state index in [4.69, 9.17) is 10.5 Å². The molecule has 0 amide bonds. The SMILES string of the molecule is NC(=NCc1ccc(S(=O)(=O)NCC2CCCO2)cc1)Nc1ccc2c(c1)CCC2. The maximum Gasteiger partial charge on any atom is 0.240 e. The van der Waals surface area contributed by atoms with Gasteiger partial charge >= 0.3 is 0 Å². The summed E-state index contributed by atoms with van der Waals surface area (Å²) in [6.07, 6.45) is 5.30. The minimum Gasteiger partial charge on any atom is -0.377 e. The minimum atomic E-state index is -3.54. The van der Waals surface area contributed by atoms with Crippen LogP contribution >= 0.6 is 0 Å². The second kappa shape index (κ2) is 9.16. The van der Waals surface area contributed by atoms with Crippen LogP contribution in [0.15, 0.2) is 52.4 Å². The number of anilines is 1. The highest BCUT2D eigenvalue weighted by atomic mass is 32.2. The Balaban J connectivity index is 1.32. The normalized spacial score (nSPS) is 19.1. The van der Waals surface area contributed by atoms with Gasteiger partial charge in [-0.15, -0.1) is 0 Å². The molecule has 160 valence electrons. The lowest BCUT2D eigenvalue weighted by molar-refractivity contribution is 0.114. The second-order valence-corrected chi connectivity index (χ2v) is 9.56. The summed E-state index contributed by atoms with van der Waals surface area (Å²) >= 11 is 0. The molecule has 30 heavy (non-hydrogen) atoms. The van der Waals surface area contributed by atoms with E-state index >= 15 is 0 Å². The molecule has 1 saturated heterocycles. The van der Waals surface area contributed by atoms with Crippen LogP contribution < -0.4 is 15.8 Å². The van der Waals surface area contributed by atoms with Crippen molar-refractivity contribution >= 4 is 21.7 Å². The van der Waals surface area contributed by atoms with Crippen LogP contribution in [0.2, 0.25) is 0 Å². The summed E-state index contributed by atoms with van der Waals surface area (Å²) in [4.78, 5) is 4.60. The number of fused-ring (bicyclic) bond motifs is 1. The fourth-order valence-electron chi connectivity index (χ4n) is 3.88. The van der Waals surface area contributed by atoms with E-state index in [0.717, 1.165) is 36.9 Å². The quantitative estimate of drug-likeness (QED) is 0.464. The highest BCUT2D eigenvalue weighted by Crippen LogP contribution is 2.24. The van der Waals surface area contributed by atoms with Crippen molar-refractivity contribution in [1.82, 2.24) is 4.72 Å². The average Bonchev–Trinajstić information content (AvgIpc) is 3.42. The van der Waals surface area contributed by atoms with Crippen molar-refractivity contribution in [2.24, 2.45) is 10.7 Å². The van der Waals surface area contributed by atoms with E-state index in [2.05, 4.69) is 27.2 Å². The van der Waals surface area contributed by atoms with Gasteiger partial charge in [-0.05, 0) is 73.1 Å². The Bertz CT molecular complexity index is 1010. The summed E-state index contributed by atoms with van der Waals surface area (Å²) in [7, 11) is -3.54. The Morgan fingerprint density at radius 3 is 2.67 bits per heavy atom. The minimum absolute atomic E-state index is 0.0328. The molecule has 4 N–H and O–H groups in total. The molecule has 0 radical (unpaired) electrons. The number of nitrogens with zero attached hydrogens (tertiary/aromatic N) is 1. The van der Waals surface area contributed by atoms with Crippen LogP contribution in [-0.4, -0.2) is 33.6 Å². The molecule has 7 nitrogen and oxygen atoms in total. The molecule has 8 heteroatoms. The van der Waals surface area contributed by atoms with Crippen molar-refractivity contribution in [3.05, 3.63) is 59.2 Å². The largest absolute Gasteiger partial charge is 0.377 e. The zero-order chi connectivity index (χ0) is 21.0. The molecule has 1 atom stereocenters. The van der Waals surface area contributed by atoms with Gasteiger partial charge < -0.3 is 15.8 Å². The van der Waals surface area contributed by atoms with E-state index in [0.29, 0.717) is 25.7 Å². The van der Waals surface area contributed by atoms with Crippen LogP contribution in [0.3, 0.4) is 0 Å². The third-order valence-corrected chi connectivity index (χ3v) is 7.00. The highest BCUT2D eigenvalue weighted by molar-refractivity contribution is 7.89. The van der Waals surface area contributed by atoms with Crippen LogP contribution in [0.1, 0.15) is 36.0 Å². The van der Waals surface area contributed by atoms with Gasteiger partial charge in [0.1, 0.15) is 0 Å². The molecule has 0 bridgehead atoms. The first-order valence-corrected chi connectivity index (χ1v) is 11.9. The second-order valence-electron chi connectivity index (χ2n) is 7.79. The van der Waals surface area contributed by atoms with Crippen LogP contribution in [0.4, 0.5) is 5.69 Å². The average molecular weight is 429 g/mol. The molecular weight excluding hydrogens is 400 g/mol. The van der Waals surface area contributed by atoms with Crippen molar-refractivity contribution in [3.8, 4) is 0 Å². The van der Waals surface area contributed by atoms with E-state index in [1.807, 2.05) is 6.07 Å². The molecule has 0 spiro atoms. The third-order valence-electron chi connectivity index (χ3n) is 5.56. The number of hydrogen-bond acceptors (Lipinski definition) is 4. The van der Waals surface area contributed by atoms with Crippen LogP contribution in [-0.2, 0) is 34.1 Å². The van der Waals surface area contributed by atoms with Gasteiger partial charge in [-0.3, -0.25) is 0 Å². The summed E-state index contributed by atoms with van der Waals surface area (Å²) < 4.78 is 32.9. The summed E-state index contributed by atoms with van der Waals surface area (Å²) in [6, 6.07) is 13.0. The molecule has 2 aliphatic rings. The van der Waals surface area contributed by atoms with Crippen molar-refractivity contribution in [1.29, 1.82) is 0 Å². The highest BCUT2D eigenvalue weighted by Gasteiger charge is 2.20. The molecule has 1 fully saturated rings. The van der Waals surface area contributed by atoms with E-state index in [1.165, 1.54) is 17.5 Å². The molecule has 0 aromatic heterocycles. The number of nitrogens with one attached hydrogen (secondary N) is 2. The van der Waals surface area contributed by atoms with Crippen molar-refractivity contribution in [3.63, 3.8) is 0 Å². The summed E-state index contributed by atoms with van der Waals surface area (Å²) in [5, 5.41) is 3.13. The Labute approximate surface area is 177 Å². The topological polar surface area (TPSA) is 106 Å². The first kappa shape index (κ1) is 20.8. The van der Waals surface area contributed by atoms with Gasteiger partial charge in [0, 0.05) is 18.8 Å². The van der Waals surface area contributed by atoms with E-state index in [-0.39, 0.29) is 11.0 Å². The molecule has 2 aromatic carbocycles. The standard InChI is InChI=1S/C22H28N4O3S/c23-22(26-19-9-8-17-3-1-4-18(17)13-19)24-14-16-6-10-21(11-7-16)30(27,28)25-15-20-5-2-12-29-20/h6-11,13,20,25H,1-5,12,14-15H2,(H3,23,24,26).